The SMILES string of the molecule is COc1cccc(/C=C2\SC(=O)N(CC(=O)Nc3ccc(C)cc3)C2=O)c1O[C@@H](C)C(=O)O. The molecule has 2 aromatic carbocycles. The normalized spacial score (nSPS) is 15.5. The van der Waals surface area contributed by atoms with Crippen molar-refractivity contribution in [3.63, 3.8) is 0 Å². The molecular weight excluding hydrogens is 448 g/mol. The fraction of sp³-hybridized carbons (Fsp3) is 0.217. The fourth-order valence-electron chi connectivity index (χ4n) is 2.92. The summed E-state index contributed by atoms with van der Waals surface area (Å²) >= 11 is 0.680. The molecule has 0 radical (unpaired) electrons. The van der Waals surface area contributed by atoms with Crippen LogP contribution >= 0.6 is 11.8 Å². The number of hydrogen-bond acceptors (Lipinski definition) is 7. The van der Waals surface area contributed by atoms with Gasteiger partial charge < -0.3 is 19.9 Å². The minimum Gasteiger partial charge on any atom is -0.493 e. The second-order valence-corrected chi connectivity index (χ2v) is 8.15. The van der Waals surface area contributed by atoms with Gasteiger partial charge in [0.25, 0.3) is 11.1 Å². The van der Waals surface area contributed by atoms with Crippen LogP contribution in [0.1, 0.15) is 18.1 Å². The van der Waals surface area contributed by atoms with Crippen LogP contribution in [0.4, 0.5) is 10.5 Å². The van der Waals surface area contributed by atoms with Crippen LogP contribution in [-0.4, -0.2) is 52.8 Å². The summed E-state index contributed by atoms with van der Waals surface area (Å²) in [5.41, 5.74) is 1.94. The Morgan fingerprint density at radius 3 is 2.52 bits per heavy atom. The molecule has 1 aliphatic rings. The molecule has 0 bridgehead atoms. The summed E-state index contributed by atoms with van der Waals surface area (Å²) in [6.07, 6.45) is 0.240. The van der Waals surface area contributed by atoms with E-state index in [0.717, 1.165) is 10.5 Å². The Bertz CT molecular complexity index is 1130. The third-order valence-electron chi connectivity index (χ3n) is 4.67. The van der Waals surface area contributed by atoms with E-state index >= 15 is 0 Å². The molecule has 3 amide bonds. The summed E-state index contributed by atoms with van der Waals surface area (Å²) in [5.74, 6) is -1.92. The minimum atomic E-state index is -1.17. The van der Waals surface area contributed by atoms with Crippen molar-refractivity contribution >= 4 is 46.5 Å². The third kappa shape index (κ3) is 5.72. The van der Waals surface area contributed by atoms with Gasteiger partial charge in [-0.25, -0.2) is 4.79 Å². The predicted molar refractivity (Wildman–Crippen MR) is 123 cm³/mol. The van der Waals surface area contributed by atoms with Gasteiger partial charge in [-0.2, -0.15) is 0 Å². The van der Waals surface area contributed by atoms with Crippen molar-refractivity contribution in [2.75, 3.05) is 19.0 Å². The van der Waals surface area contributed by atoms with E-state index in [1.54, 1.807) is 30.3 Å². The van der Waals surface area contributed by atoms with Crippen LogP contribution in [0.15, 0.2) is 47.4 Å². The summed E-state index contributed by atoms with van der Waals surface area (Å²) in [6.45, 7) is 2.84. The number of carbonyl (C=O) groups excluding carboxylic acids is 3. The molecule has 1 aliphatic heterocycles. The molecule has 172 valence electrons. The van der Waals surface area contributed by atoms with Gasteiger partial charge in [0, 0.05) is 11.3 Å². The van der Waals surface area contributed by atoms with Crippen molar-refractivity contribution < 1.29 is 33.8 Å². The Hall–Kier alpha value is -3.79. The van der Waals surface area contributed by atoms with Gasteiger partial charge in [-0.05, 0) is 49.9 Å². The molecule has 3 rings (SSSR count). The fourth-order valence-corrected chi connectivity index (χ4v) is 3.75. The summed E-state index contributed by atoms with van der Waals surface area (Å²) in [4.78, 5) is 49.7. The lowest BCUT2D eigenvalue weighted by Gasteiger charge is -2.16. The standard InChI is InChI=1S/C23H22N2O7S/c1-13-7-9-16(10-8-13)24-19(26)12-25-21(27)18(33-23(25)30)11-15-5-4-6-17(31-3)20(15)32-14(2)22(28)29/h4-11,14H,12H2,1-3H3,(H,24,26)(H,28,29)/b18-11-/t14-/m0/s1. The molecule has 9 nitrogen and oxygen atoms in total. The van der Waals surface area contributed by atoms with Crippen LogP contribution in [0.2, 0.25) is 0 Å². The highest BCUT2D eigenvalue weighted by atomic mass is 32.2. The Balaban J connectivity index is 1.80. The number of carboxylic acids is 1. The van der Waals surface area contributed by atoms with E-state index in [1.165, 1.54) is 20.1 Å². The second kappa shape index (κ2) is 10.2. The Kier molecular flexibility index (Phi) is 7.39. The number of carbonyl (C=O) groups is 4. The summed E-state index contributed by atoms with van der Waals surface area (Å²) in [5, 5.41) is 11.2. The number of aryl methyl sites for hydroxylation is 1. The van der Waals surface area contributed by atoms with Crippen molar-refractivity contribution in [3.8, 4) is 11.5 Å². The van der Waals surface area contributed by atoms with Gasteiger partial charge in [0.2, 0.25) is 5.91 Å². The number of carboxylic acid groups (broad SMARTS) is 1. The third-order valence-corrected chi connectivity index (χ3v) is 5.58. The number of methoxy groups -OCH3 is 1. The van der Waals surface area contributed by atoms with E-state index in [1.807, 2.05) is 19.1 Å². The Labute approximate surface area is 194 Å². The molecule has 0 unspecified atom stereocenters. The molecule has 0 saturated carbocycles. The monoisotopic (exact) mass is 470 g/mol. The van der Waals surface area contributed by atoms with E-state index in [0.29, 0.717) is 23.0 Å². The van der Waals surface area contributed by atoms with E-state index in [-0.39, 0.29) is 16.4 Å². The van der Waals surface area contributed by atoms with Crippen LogP contribution in [0.3, 0.4) is 0 Å². The number of nitrogens with one attached hydrogen (secondary N) is 1. The summed E-state index contributed by atoms with van der Waals surface area (Å²) < 4.78 is 10.8. The Morgan fingerprint density at radius 2 is 1.88 bits per heavy atom. The molecule has 1 saturated heterocycles. The lowest BCUT2D eigenvalue weighted by molar-refractivity contribution is -0.144. The first-order valence-corrected chi connectivity index (χ1v) is 10.7. The largest absolute Gasteiger partial charge is 0.493 e. The smallest absolute Gasteiger partial charge is 0.344 e. The van der Waals surface area contributed by atoms with Crippen molar-refractivity contribution in [1.29, 1.82) is 0 Å². The van der Waals surface area contributed by atoms with Crippen molar-refractivity contribution in [2.24, 2.45) is 0 Å². The number of imide groups is 1. The molecule has 1 heterocycles. The highest BCUT2D eigenvalue weighted by Crippen LogP contribution is 2.37. The van der Waals surface area contributed by atoms with Gasteiger partial charge in [-0.1, -0.05) is 29.8 Å². The quantitative estimate of drug-likeness (QED) is 0.562. The average Bonchev–Trinajstić information content (AvgIpc) is 3.03. The van der Waals surface area contributed by atoms with Crippen LogP contribution in [0.5, 0.6) is 11.5 Å². The highest BCUT2D eigenvalue weighted by molar-refractivity contribution is 8.18. The van der Waals surface area contributed by atoms with Crippen LogP contribution < -0.4 is 14.8 Å². The molecule has 1 fully saturated rings. The van der Waals surface area contributed by atoms with E-state index in [4.69, 9.17) is 14.6 Å². The first-order chi connectivity index (χ1) is 15.7. The van der Waals surface area contributed by atoms with E-state index in [9.17, 15) is 19.2 Å². The maximum atomic E-state index is 12.8. The molecule has 0 aliphatic carbocycles. The molecule has 10 heteroatoms. The molecule has 0 spiro atoms. The second-order valence-electron chi connectivity index (χ2n) is 7.16. The lowest BCUT2D eigenvalue weighted by Crippen LogP contribution is -2.36. The number of nitrogens with zero attached hydrogens (tertiary/aromatic N) is 1. The van der Waals surface area contributed by atoms with Crippen molar-refractivity contribution in [2.45, 2.75) is 20.0 Å². The zero-order chi connectivity index (χ0) is 24.1. The number of rotatable bonds is 8. The van der Waals surface area contributed by atoms with Gasteiger partial charge in [0.1, 0.15) is 6.54 Å². The molecule has 1 atom stereocenters. The van der Waals surface area contributed by atoms with Crippen LogP contribution in [0, 0.1) is 6.92 Å². The zero-order valence-electron chi connectivity index (χ0n) is 18.2. The number of thioether (sulfide) groups is 1. The van der Waals surface area contributed by atoms with Crippen molar-refractivity contribution in [1.82, 2.24) is 4.90 Å². The van der Waals surface area contributed by atoms with E-state index in [2.05, 4.69) is 5.32 Å². The lowest BCUT2D eigenvalue weighted by atomic mass is 10.1. The molecule has 33 heavy (non-hydrogen) atoms. The Morgan fingerprint density at radius 1 is 1.18 bits per heavy atom. The molecular formula is C23H22N2O7S. The number of aliphatic carboxylic acids is 1. The minimum absolute atomic E-state index is 0.0733. The topological polar surface area (TPSA) is 122 Å². The number of benzene rings is 2. The summed E-state index contributed by atoms with van der Waals surface area (Å²) in [7, 11) is 1.40. The van der Waals surface area contributed by atoms with E-state index < -0.39 is 35.7 Å². The van der Waals surface area contributed by atoms with Gasteiger partial charge in [-0.15, -0.1) is 0 Å². The molecule has 2 aromatic rings. The number of anilines is 1. The first kappa shape index (κ1) is 23.9. The average molecular weight is 471 g/mol. The summed E-state index contributed by atoms with van der Waals surface area (Å²) in [6, 6.07) is 11.9. The van der Waals surface area contributed by atoms with Gasteiger partial charge in [0.15, 0.2) is 17.6 Å². The van der Waals surface area contributed by atoms with Crippen LogP contribution in [0.25, 0.3) is 6.08 Å². The molecule has 0 aromatic heterocycles. The van der Waals surface area contributed by atoms with Gasteiger partial charge in [0.05, 0.1) is 12.0 Å². The maximum absolute atomic E-state index is 12.8. The zero-order valence-corrected chi connectivity index (χ0v) is 19.0. The van der Waals surface area contributed by atoms with Gasteiger partial charge in [-0.3, -0.25) is 19.3 Å². The maximum Gasteiger partial charge on any atom is 0.344 e. The first-order valence-electron chi connectivity index (χ1n) is 9.88. The predicted octanol–water partition coefficient (Wildman–Crippen LogP) is 3.53. The number of hydrogen-bond donors (Lipinski definition) is 2. The molecule has 2 N–H and O–H groups in total. The number of amides is 3. The van der Waals surface area contributed by atoms with Crippen molar-refractivity contribution in [3.05, 3.63) is 58.5 Å². The number of para-hydroxylation sites is 1. The number of ether oxygens (including phenoxy) is 2. The highest BCUT2D eigenvalue weighted by Gasteiger charge is 2.36. The van der Waals surface area contributed by atoms with Crippen LogP contribution in [-0.2, 0) is 14.4 Å². The van der Waals surface area contributed by atoms with Gasteiger partial charge >= 0.3 is 5.97 Å².